The highest BCUT2D eigenvalue weighted by molar-refractivity contribution is 7.99. The molecule has 1 N–H and O–H groups in total. The fourth-order valence-corrected chi connectivity index (χ4v) is 2.93. The Morgan fingerprint density at radius 2 is 2.00 bits per heavy atom. The van der Waals surface area contributed by atoms with Gasteiger partial charge in [0.15, 0.2) is 0 Å². The first kappa shape index (κ1) is 16.3. The number of rotatable bonds is 9. The average molecular weight is 274 g/mol. The summed E-state index contributed by atoms with van der Waals surface area (Å²) in [6.45, 7) is 11.0. The highest BCUT2D eigenvalue weighted by Crippen LogP contribution is 2.20. The van der Waals surface area contributed by atoms with Crippen LogP contribution in [0.2, 0.25) is 0 Å². The van der Waals surface area contributed by atoms with Crippen molar-refractivity contribution in [2.75, 3.05) is 45.6 Å². The van der Waals surface area contributed by atoms with Gasteiger partial charge in [-0.15, -0.1) is 0 Å². The number of piperidine rings is 1. The lowest BCUT2D eigenvalue weighted by atomic mass is 10.1. The lowest BCUT2D eigenvalue weighted by molar-refractivity contribution is 0.0770. The lowest BCUT2D eigenvalue weighted by Crippen LogP contribution is -2.39. The zero-order chi connectivity index (χ0) is 13.2. The van der Waals surface area contributed by atoms with Gasteiger partial charge in [0.25, 0.3) is 0 Å². The van der Waals surface area contributed by atoms with Crippen molar-refractivity contribution in [2.45, 2.75) is 44.5 Å². The molecule has 1 saturated heterocycles. The molecule has 0 aromatic heterocycles. The van der Waals surface area contributed by atoms with Crippen molar-refractivity contribution in [3.8, 4) is 0 Å². The van der Waals surface area contributed by atoms with Gasteiger partial charge < -0.3 is 15.0 Å². The Labute approximate surface area is 117 Å². The third-order valence-electron chi connectivity index (χ3n) is 3.42. The van der Waals surface area contributed by atoms with Gasteiger partial charge in [-0.2, -0.15) is 11.8 Å². The predicted octanol–water partition coefficient (Wildman–Crippen LogP) is 2.22. The average Bonchev–Trinajstić information content (AvgIpc) is 2.38. The fourth-order valence-electron chi connectivity index (χ4n) is 2.25. The van der Waals surface area contributed by atoms with E-state index in [-0.39, 0.29) is 0 Å². The van der Waals surface area contributed by atoms with E-state index in [4.69, 9.17) is 4.74 Å². The van der Waals surface area contributed by atoms with E-state index in [9.17, 15) is 0 Å². The van der Waals surface area contributed by atoms with Crippen LogP contribution in [0.15, 0.2) is 0 Å². The number of likely N-dealkylation sites (tertiary alicyclic amines) is 1. The first-order valence-corrected chi connectivity index (χ1v) is 8.58. The normalized spacial score (nSPS) is 18.7. The van der Waals surface area contributed by atoms with Crippen LogP contribution < -0.4 is 5.32 Å². The molecule has 0 atom stereocenters. The predicted molar refractivity (Wildman–Crippen MR) is 81.6 cm³/mol. The van der Waals surface area contributed by atoms with Crippen molar-refractivity contribution < 1.29 is 4.74 Å². The molecule has 0 aliphatic carbocycles. The molecule has 0 unspecified atom stereocenters. The van der Waals surface area contributed by atoms with Crippen LogP contribution in [0.4, 0.5) is 0 Å². The minimum Gasteiger partial charge on any atom is -0.379 e. The Bertz CT molecular complexity index is 194. The van der Waals surface area contributed by atoms with Gasteiger partial charge in [-0.25, -0.2) is 0 Å². The Hall–Kier alpha value is 0.230. The maximum Gasteiger partial charge on any atom is 0.0518 e. The Morgan fingerprint density at radius 3 is 2.61 bits per heavy atom. The highest BCUT2D eigenvalue weighted by atomic mass is 32.2. The number of nitrogens with zero attached hydrogens (tertiary/aromatic N) is 1. The molecule has 108 valence electrons. The minimum atomic E-state index is 0.364. The van der Waals surface area contributed by atoms with Crippen molar-refractivity contribution in [2.24, 2.45) is 0 Å². The molecule has 18 heavy (non-hydrogen) atoms. The summed E-state index contributed by atoms with van der Waals surface area (Å²) in [6.07, 6.45) is 6.45. The number of thioether (sulfide) groups is 1. The summed E-state index contributed by atoms with van der Waals surface area (Å²) in [5, 5.41) is 4.41. The van der Waals surface area contributed by atoms with Gasteiger partial charge in [-0.1, -0.05) is 0 Å². The van der Waals surface area contributed by atoms with E-state index >= 15 is 0 Å². The molecule has 1 rings (SSSR count). The lowest BCUT2D eigenvalue weighted by Gasteiger charge is -2.31. The second-order valence-electron chi connectivity index (χ2n) is 5.30. The largest absolute Gasteiger partial charge is 0.379 e. The monoisotopic (exact) mass is 274 g/mol. The second kappa shape index (κ2) is 10.1. The van der Waals surface area contributed by atoms with Crippen molar-refractivity contribution in [1.29, 1.82) is 0 Å². The maximum absolute atomic E-state index is 5.51. The van der Waals surface area contributed by atoms with Gasteiger partial charge >= 0.3 is 0 Å². The molecule has 0 aromatic rings. The van der Waals surface area contributed by atoms with Crippen molar-refractivity contribution in [1.82, 2.24) is 10.2 Å². The number of hydrogen-bond acceptors (Lipinski definition) is 4. The minimum absolute atomic E-state index is 0.364. The van der Waals surface area contributed by atoms with Crippen LogP contribution in [-0.2, 0) is 4.74 Å². The standard InChI is InChI=1S/C14H30N2OS/c1-13(2)17-12-4-7-15-8-11-16-9-5-14(18-3)6-10-16/h13-15H,4-12H2,1-3H3. The van der Waals surface area contributed by atoms with Gasteiger partial charge in [0, 0.05) is 24.9 Å². The molecule has 0 amide bonds. The second-order valence-corrected chi connectivity index (χ2v) is 6.44. The van der Waals surface area contributed by atoms with Crippen molar-refractivity contribution >= 4 is 11.8 Å². The van der Waals surface area contributed by atoms with Gasteiger partial charge in [0.2, 0.25) is 0 Å². The Morgan fingerprint density at radius 1 is 1.28 bits per heavy atom. The molecule has 0 bridgehead atoms. The van der Waals surface area contributed by atoms with Gasteiger partial charge in [-0.05, 0) is 59.0 Å². The van der Waals surface area contributed by atoms with Gasteiger partial charge in [0.05, 0.1) is 6.10 Å². The number of nitrogens with one attached hydrogen (secondary N) is 1. The van der Waals surface area contributed by atoms with Crippen LogP contribution in [0.1, 0.15) is 33.1 Å². The molecule has 1 fully saturated rings. The van der Waals surface area contributed by atoms with Crippen LogP contribution in [0.5, 0.6) is 0 Å². The molecule has 0 aromatic carbocycles. The van der Waals surface area contributed by atoms with E-state index in [1.165, 1.54) is 32.5 Å². The Balaban J connectivity index is 1.86. The van der Waals surface area contributed by atoms with E-state index in [0.717, 1.165) is 31.4 Å². The summed E-state index contributed by atoms with van der Waals surface area (Å²) in [6, 6.07) is 0. The molecule has 0 spiro atoms. The number of ether oxygens (including phenoxy) is 1. The molecule has 0 saturated carbocycles. The number of hydrogen-bond donors (Lipinski definition) is 1. The van der Waals surface area contributed by atoms with Gasteiger partial charge in [0.1, 0.15) is 0 Å². The van der Waals surface area contributed by atoms with Crippen LogP contribution in [-0.4, -0.2) is 61.8 Å². The molecule has 1 aliphatic rings. The van der Waals surface area contributed by atoms with E-state index in [0.29, 0.717) is 6.10 Å². The molecule has 1 aliphatic heterocycles. The Kier molecular flexibility index (Phi) is 9.11. The molecule has 3 nitrogen and oxygen atoms in total. The summed E-state index contributed by atoms with van der Waals surface area (Å²) in [5.41, 5.74) is 0. The fraction of sp³-hybridized carbons (Fsp3) is 1.00. The summed E-state index contributed by atoms with van der Waals surface area (Å²) < 4.78 is 5.51. The summed E-state index contributed by atoms with van der Waals surface area (Å²) in [4.78, 5) is 2.59. The van der Waals surface area contributed by atoms with E-state index < -0.39 is 0 Å². The third-order valence-corrected chi connectivity index (χ3v) is 4.56. The topological polar surface area (TPSA) is 24.5 Å². The van der Waals surface area contributed by atoms with Gasteiger partial charge in [-0.3, -0.25) is 0 Å². The highest BCUT2D eigenvalue weighted by Gasteiger charge is 2.17. The zero-order valence-corrected chi connectivity index (χ0v) is 13.1. The maximum atomic E-state index is 5.51. The SMILES string of the molecule is CSC1CCN(CCNCCCOC(C)C)CC1. The van der Waals surface area contributed by atoms with Crippen LogP contribution in [0.25, 0.3) is 0 Å². The first-order valence-electron chi connectivity index (χ1n) is 7.30. The first-order chi connectivity index (χ1) is 8.72. The molecular formula is C14H30N2OS. The molecular weight excluding hydrogens is 244 g/mol. The van der Waals surface area contributed by atoms with Crippen LogP contribution in [0.3, 0.4) is 0 Å². The van der Waals surface area contributed by atoms with Crippen molar-refractivity contribution in [3.63, 3.8) is 0 Å². The van der Waals surface area contributed by atoms with Crippen LogP contribution in [0, 0.1) is 0 Å². The third kappa shape index (κ3) is 7.62. The van der Waals surface area contributed by atoms with Crippen molar-refractivity contribution in [3.05, 3.63) is 0 Å². The summed E-state index contributed by atoms with van der Waals surface area (Å²) >= 11 is 2.03. The quantitative estimate of drug-likeness (QED) is 0.652. The van der Waals surface area contributed by atoms with E-state index in [1.54, 1.807) is 0 Å². The smallest absolute Gasteiger partial charge is 0.0518 e. The summed E-state index contributed by atoms with van der Waals surface area (Å²) in [7, 11) is 0. The van der Waals surface area contributed by atoms with E-state index in [1.807, 2.05) is 11.8 Å². The molecule has 4 heteroatoms. The zero-order valence-electron chi connectivity index (χ0n) is 12.3. The van der Waals surface area contributed by atoms with Crippen LogP contribution >= 0.6 is 11.8 Å². The molecule has 1 heterocycles. The van der Waals surface area contributed by atoms with E-state index in [2.05, 4.69) is 30.3 Å². The molecule has 0 radical (unpaired) electrons. The summed E-state index contributed by atoms with van der Waals surface area (Å²) in [5.74, 6) is 0.